The molecule has 0 N–H and O–H groups in total. The molecule has 31 heavy (non-hydrogen) atoms. The van der Waals surface area contributed by atoms with Crippen molar-refractivity contribution >= 4 is 16.8 Å². The van der Waals surface area contributed by atoms with E-state index in [0.717, 1.165) is 10.9 Å². The number of morpholine rings is 1. The molecule has 5 rings (SSSR count). The summed E-state index contributed by atoms with van der Waals surface area (Å²) in [6, 6.07) is 14.7. The molecule has 1 amide bonds. The second-order valence-corrected chi connectivity index (χ2v) is 7.30. The molecule has 1 unspecified atom stereocenters. The second kappa shape index (κ2) is 8.31. The first kappa shape index (κ1) is 19.4. The van der Waals surface area contributed by atoms with E-state index >= 15 is 0 Å². The van der Waals surface area contributed by atoms with E-state index in [1.807, 2.05) is 36.4 Å². The summed E-state index contributed by atoms with van der Waals surface area (Å²) in [5.41, 5.74) is 1.08. The third-order valence-corrected chi connectivity index (χ3v) is 5.32. The van der Waals surface area contributed by atoms with Gasteiger partial charge in [-0.15, -0.1) is 0 Å². The standard InChI is InChI=1S/C23H22N2O6/c1-27-21-11-19(24-18-5-3-2-4-17(18)21)23(26)25-8-9-28-16(12-25)13-29-15-6-7-20-22(10-15)31-14-30-20/h2-7,10-11,16H,8-9,12-14H2,1H3. The third kappa shape index (κ3) is 3.94. The second-order valence-electron chi connectivity index (χ2n) is 7.30. The van der Waals surface area contributed by atoms with E-state index in [9.17, 15) is 4.79 Å². The number of hydrogen-bond donors (Lipinski definition) is 0. The summed E-state index contributed by atoms with van der Waals surface area (Å²) in [6.07, 6.45) is -0.245. The van der Waals surface area contributed by atoms with Crippen molar-refractivity contribution in [1.82, 2.24) is 9.88 Å². The van der Waals surface area contributed by atoms with Crippen LogP contribution in [0.1, 0.15) is 10.5 Å². The monoisotopic (exact) mass is 422 g/mol. The maximum atomic E-state index is 13.1. The number of pyridine rings is 1. The van der Waals surface area contributed by atoms with Crippen molar-refractivity contribution in [3.8, 4) is 23.0 Å². The number of hydrogen-bond acceptors (Lipinski definition) is 7. The van der Waals surface area contributed by atoms with Crippen LogP contribution in [0.2, 0.25) is 0 Å². The lowest BCUT2D eigenvalue weighted by Gasteiger charge is -2.32. The third-order valence-electron chi connectivity index (χ3n) is 5.32. The molecule has 3 aromatic rings. The number of amides is 1. The number of benzene rings is 2. The van der Waals surface area contributed by atoms with E-state index in [-0.39, 0.29) is 18.8 Å². The maximum Gasteiger partial charge on any atom is 0.272 e. The van der Waals surface area contributed by atoms with Crippen molar-refractivity contribution in [2.75, 3.05) is 40.2 Å². The van der Waals surface area contributed by atoms with Crippen molar-refractivity contribution in [1.29, 1.82) is 0 Å². The minimum absolute atomic E-state index is 0.152. The number of nitrogens with zero attached hydrogens (tertiary/aromatic N) is 2. The summed E-state index contributed by atoms with van der Waals surface area (Å²) in [7, 11) is 1.59. The Hall–Kier alpha value is -3.52. The predicted octanol–water partition coefficient (Wildman–Crippen LogP) is 2.89. The maximum absolute atomic E-state index is 13.1. The fourth-order valence-electron chi connectivity index (χ4n) is 3.74. The Balaban J connectivity index is 1.27. The molecule has 0 bridgehead atoms. The number of carbonyl (C=O) groups is 1. The lowest BCUT2D eigenvalue weighted by molar-refractivity contribution is -0.0402. The van der Waals surface area contributed by atoms with Crippen LogP contribution < -0.4 is 18.9 Å². The van der Waals surface area contributed by atoms with Gasteiger partial charge in [-0.05, 0) is 24.3 Å². The molecule has 1 fully saturated rings. The number of carbonyl (C=O) groups excluding carboxylic acids is 1. The van der Waals surface area contributed by atoms with E-state index in [1.54, 1.807) is 24.1 Å². The van der Waals surface area contributed by atoms with Crippen molar-refractivity contribution in [3.63, 3.8) is 0 Å². The van der Waals surface area contributed by atoms with Gasteiger partial charge in [0.25, 0.3) is 5.91 Å². The van der Waals surface area contributed by atoms with Gasteiger partial charge in [0.15, 0.2) is 11.5 Å². The van der Waals surface area contributed by atoms with Crippen molar-refractivity contribution < 1.29 is 28.5 Å². The highest BCUT2D eigenvalue weighted by atomic mass is 16.7. The summed E-state index contributed by atoms with van der Waals surface area (Å²) in [4.78, 5) is 19.4. The molecule has 0 radical (unpaired) electrons. The molecule has 160 valence electrons. The van der Waals surface area contributed by atoms with Crippen molar-refractivity contribution in [2.45, 2.75) is 6.10 Å². The number of para-hydroxylation sites is 1. The quantitative estimate of drug-likeness (QED) is 0.626. The topological polar surface area (TPSA) is 79.4 Å². The zero-order valence-electron chi connectivity index (χ0n) is 17.1. The molecule has 2 aromatic carbocycles. The molecule has 2 aliphatic rings. The van der Waals surface area contributed by atoms with Crippen LogP contribution in [0.3, 0.4) is 0 Å². The smallest absolute Gasteiger partial charge is 0.272 e. The lowest BCUT2D eigenvalue weighted by atomic mass is 10.1. The SMILES string of the molecule is COc1cc(C(=O)N2CCOC(COc3ccc4c(c3)OCO4)C2)nc2ccccc12. The molecular formula is C23H22N2O6. The normalized spacial score (nSPS) is 17.6. The van der Waals surface area contributed by atoms with Crippen LogP contribution in [0.25, 0.3) is 10.9 Å². The molecular weight excluding hydrogens is 400 g/mol. The molecule has 3 heterocycles. The van der Waals surface area contributed by atoms with Gasteiger partial charge in [-0.25, -0.2) is 4.98 Å². The Kier molecular flexibility index (Phi) is 5.21. The summed E-state index contributed by atoms with van der Waals surface area (Å²) in [5, 5.41) is 0.874. The molecule has 2 aliphatic heterocycles. The number of ether oxygens (including phenoxy) is 5. The molecule has 1 atom stereocenters. The first-order chi connectivity index (χ1) is 15.2. The van der Waals surface area contributed by atoms with Crippen LogP contribution in [0.15, 0.2) is 48.5 Å². The zero-order chi connectivity index (χ0) is 21.2. The molecule has 8 heteroatoms. The highest BCUT2D eigenvalue weighted by Gasteiger charge is 2.27. The van der Waals surface area contributed by atoms with E-state index in [2.05, 4.69) is 4.98 Å². The Labute approximate surface area is 179 Å². The van der Waals surface area contributed by atoms with E-state index in [0.29, 0.717) is 55.0 Å². The van der Waals surface area contributed by atoms with Gasteiger partial charge in [-0.2, -0.15) is 0 Å². The average molecular weight is 422 g/mol. The lowest BCUT2D eigenvalue weighted by Crippen LogP contribution is -2.47. The first-order valence-electron chi connectivity index (χ1n) is 10.1. The minimum atomic E-state index is -0.245. The highest BCUT2D eigenvalue weighted by molar-refractivity contribution is 5.97. The molecule has 1 saturated heterocycles. The molecule has 0 spiro atoms. The average Bonchev–Trinajstić information content (AvgIpc) is 3.29. The summed E-state index contributed by atoms with van der Waals surface area (Å²) < 4.78 is 27.8. The Morgan fingerprint density at radius 2 is 2.03 bits per heavy atom. The molecule has 0 saturated carbocycles. The Morgan fingerprint density at radius 3 is 2.94 bits per heavy atom. The summed E-state index contributed by atoms with van der Waals surface area (Å²) >= 11 is 0. The van der Waals surface area contributed by atoms with Gasteiger partial charge in [0, 0.05) is 24.1 Å². The molecule has 1 aromatic heterocycles. The largest absolute Gasteiger partial charge is 0.496 e. The van der Waals surface area contributed by atoms with Crippen molar-refractivity contribution in [2.24, 2.45) is 0 Å². The van der Waals surface area contributed by atoms with Crippen LogP contribution in [0.5, 0.6) is 23.0 Å². The van der Waals surface area contributed by atoms with Crippen molar-refractivity contribution in [3.05, 3.63) is 54.2 Å². The van der Waals surface area contributed by atoms with Gasteiger partial charge >= 0.3 is 0 Å². The fraction of sp³-hybridized carbons (Fsp3) is 0.304. The minimum Gasteiger partial charge on any atom is -0.496 e. The van der Waals surface area contributed by atoms with Crippen LogP contribution >= 0.6 is 0 Å². The number of fused-ring (bicyclic) bond motifs is 2. The summed E-state index contributed by atoms with van der Waals surface area (Å²) in [5.74, 6) is 2.51. The van der Waals surface area contributed by atoms with E-state index < -0.39 is 0 Å². The van der Waals surface area contributed by atoms with Gasteiger partial charge in [0.1, 0.15) is 29.9 Å². The van der Waals surface area contributed by atoms with Gasteiger partial charge in [0.05, 0.1) is 25.8 Å². The van der Waals surface area contributed by atoms with Crippen LogP contribution in [-0.4, -0.2) is 62.1 Å². The van der Waals surface area contributed by atoms with Gasteiger partial charge in [-0.3, -0.25) is 4.79 Å². The van der Waals surface area contributed by atoms with E-state index in [1.165, 1.54) is 0 Å². The fourth-order valence-corrected chi connectivity index (χ4v) is 3.74. The van der Waals surface area contributed by atoms with Crippen LogP contribution in [0.4, 0.5) is 0 Å². The van der Waals surface area contributed by atoms with Crippen LogP contribution in [0, 0.1) is 0 Å². The molecule has 0 aliphatic carbocycles. The van der Waals surface area contributed by atoms with Gasteiger partial charge in [0.2, 0.25) is 6.79 Å². The first-order valence-corrected chi connectivity index (χ1v) is 10.1. The predicted molar refractivity (Wildman–Crippen MR) is 112 cm³/mol. The molecule has 8 nitrogen and oxygen atoms in total. The van der Waals surface area contributed by atoms with Gasteiger partial charge in [-0.1, -0.05) is 12.1 Å². The zero-order valence-corrected chi connectivity index (χ0v) is 17.1. The Bertz CT molecular complexity index is 1120. The van der Waals surface area contributed by atoms with Gasteiger partial charge < -0.3 is 28.6 Å². The summed E-state index contributed by atoms with van der Waals surface area (Å²) in [6.45, 7) is 1.88. The number of methoxy groups -OCH3 is 1. The van der Waals surface area contributed by atoms with Crippen LogP contribution in [-0.2, 0) is 4.74 Å². The highest BCUT2D eigenvalue weighted by Crippen LogP contribution is 2.35. The van der Waals surface area contributed by atoms with E-state index in [4.69, 9.17) is 23.7 Å². The number of rotatable bonds is 5. The number of aromatic nitrogens is 1. The Morgan fingerprint density at radius 1 is 1.16 bits per heavy atom.